The Bertz CT molecular complexity index is 563. The van der Waals surface area contributed by atoms with E-state index >= 15 is 0 Å². The fourth-order valence-electron chi connectivity index (χ4n) is 1.75. The third-order valence-corrected chi connectivity index (χ3v) is 4.29. The van der Waals surface area contributed by atoms with E-state index in [2.05, 4.69) is 35.0 Å². The van der Waals surface area contributed by atoms with Crippen LogP contribution in [0, 0.1) is 6.92 Å². The summed E-state index contributed by atoms with van der Waals surface area (Å²) < 4.78 is 1.04. The van der Waals surface area contributed by atoms with Crippen LogP contribution in [0.5, 0.6) is 0 Å². The van der Waals surface area contributed by atoms with Gasteiger partial charge in [0.05, 0.1) is 5.75 Å². The lowest BCUT2D eigenvalue weighted by Gasteiger charge is -2.03. The number of aryl methyl sites for hydroxylation is 1. The molecule has 0 saturated heterocycles. The van der Waals surface area contributed by atoms with Gasteiger partial charge >= 0.3 is 0 Å². The molecule has 0 heterocycles. The first kappa shape index (κ1) is 14.4. The van der Waals surface area contributed by atoms with Gasteiger partial charge in [-0.1, -0.05) is 45.8 Å². The number of rotatable bonds is 5. The number of ketones is 1. The number of benzene rings is 2. The number of thioether (sulfide) groups is 1. The smallest absolute Gasteiger partial charge is 0.147 e. The van der Waals surface area contributed by atoms with Gasteiger partial charge in [-0.2, -0.15) is 0 Å². The van der Waals surface area contributed by atoms with Crippen molar-refractivity contribution in [3.63, 3.8) is 0 Å². The minimum Gasteiger partial charge on any atom is -0.298 e. The molecule has 0 unspecified atom stereocenters. The first-order chi connectivity index (χ1) is 9.13. The van der Waals surface area contributed by atoms with Gasteiger partial charge in [0.15, 0.2) is 0 Å². The number of hydrogen-bond donors (Lipinski definition) is 0. The van der Waals surface area contributed by atoms with Gasteiger partial charge in [-0.05, 0) is 36.8 Å². The average Bonchev–Trinajstić information content (AvgIpc) is 2.39. The van der Waals surface area contributed by atoms with Crippen molar-refractivity contribution in [1.82, 2.24) is 0 Å². The van der Waals surface area contributed by atoms with Crippen LogP contribution in [0.3, 0.4) is 0 Å². The monoisotopic (exact) mass is 334 g/mol. The molecule has 0 aliphatic heterocycles. The fourth-order valence-corrected chi connectivity index (χ4v) is 2.89. The topological polar surface area (TPSA) is 17.1 Å². The van der Waals surface area contributed by atoms with E-state index in [0.29, 0.717) is 12.2 Å². The number of carbonyl (C=O) groups excluding carboxylic acids is 1. The summed E-state index contributed by atoms with van der Waals surface area (Å²) >= 11 is 5.00. The van der Waals surface area contributed by atoms with Gasteiger partial charge < -0.3 is 0 Å². The van der Waals surface area contributed by atoms with Crippen molar-refractivity contribution in [2.75, 3.05) is 5.75 Å². The zero-order valence-corrected chi connectivity index (χ0v) is 13.1. The molecule has 0 spiro atoms. The van der Waals surface area contributed by atoms with Gasteiger partial charge in [0.1, 0.15) is 5.78 Å². The highest BCUT2D eigenvalue weighted by Gasteiger charge is 2.05. The van der Waals surface area contributed by atoms with E-state index < -0.39 is 0 Å². The van der Waals surface area contributed by atoms with Crippen LogP contribution in [0.25, 0.3) is 0 Å². The van der Waals surface area contributed by atoms with Crippen LogP contribution in [0.1, 0.15) is 11.1 Å². The Hall–Kier alpha value is -1.06. The van der Waals surface area contributed by atoms with E-state index in [9.17, 15) is 4.79 Å². The summed E-state index contributed by atoms with van der Waals surface area (Å²) in [5.41, 5.74) is 2.29. The highest BCUT2D eigenvalue weighted by Crippen LogP contribution is 2.19. The van der Waals surface area contributed by atoms with Crippen LogP contribution in [-0.2, 0) is 11.2 Å². The molecule has 2 rings (SSSR count). The van der Waals surface area contributed by atoms with E-state index in [1.165, 1.54) is 5.56 Å². The molecule has 0 atom stereocenters. The Morgan fingerprint density at radius 3 is 2.58 bits per heavy atom. The molecule has 0 amide bonds. The lowest BCUT2D eigenvalue weighted by atomic mass is 10.1. The van der Waals surface area contributed by atoms with Crippen molar-refractivity contribution >= 4 is 33.5 Å². The van der Waals surface area contributed by atoms with Crippen molar-refractivity contribution in [3.8, 4) is 0 Å². The van der Waals surface area contributed by atoms with E-state index in [-0.39, 0.29) is 5.78 Å². The summed E-state index contributed by atoms with van der Waals surface area (Å²) in [6.07, 6.45) is 0.506. The first-order valence-electron chi connectivity index (χ1n) is 6.09. The van der Waals surface area contributed by atoms with Crippen molar-refractivity contribution in [2.45, 2.75) is 18.2 Å². The van der Waals surface area contributed by atoms with Crippen molar-refractivity contribution < 1.29 is 4.79 Å². The maximum atomic E-state index is 11.9. The predicted molar refractivity (Wildman–Crippen MR) is 84.8 cm³/mol. The Kier molecular flexibility index (Phi) is 5.23. The normalized spacial score (nSPS) is 10.4. The zero-order chi connectivity index (χ0) is 13.7. The summed E-state index contributed by atoms with van der Waals surface area (Å²) in [6.45, 7) is 2.06. The molecule has 0 bridgehead atoms. The molecule has 98 valence electrons. The molecule has 0 saturated carbocycles. The maximum absolute atomic E-state index is 11.9. The molecule has 0 fully saturated rings. The molecular weight excluding hydrogens is 320 g/mol. The number of halogens is 1. The number of carbonyl (C=O) groups is 1. The van der Waals surface area contributed by atoms with Crippen LogP contribution < -0.4 is 0 Å². The molecule has 19 heavy (non-hydrogen) atoms. The molecular formula is C16H15BrOS. The van der Waals surface area contributed by atoms with Crippen molar-refractivity contribution in [3.05, 3.63) is 64.1 Å². The quantitative estimate of drug-likeness (QED) is 0.739. The Balaban J connectivity index is 1.86. The van der Waals surface area contributed by atoms with Crippen LogP contribution >= 0.6 is 27.7 Å². The van der Waals surface area contributed by atoms with Crippen molar-refractivity contribution in [2.24, 2.45) is 0 Å². The Morgan fingerprint density at radius 2 is 1.89 bits per heavy atom. The van der Waals surface area contributed by atoms with Gasteiger partial charge in [0.25, 0.3) is 0 Å². The predicted octanol–water partition coefficient (Wildman–Crippen LogP) is 4.66. The minimum absolute atomic E-state index is 0.258. The molecule has 0 aromatic heterocycles. The van der Waals surface area contributed by atoms with Gasteiger partial charge in [-0.25, -0.2) is 0 Å². The van der Waals surface area contributed by atoms with Gasteiger partial charge in [-0.15, -0.1) is 11.8 Å². The summed E-state index contributed by atoms with van der Waals surface area (Å²) in [7, 11) is 0. The molecule has 3 heteroatoms. The third kappa shape index (κ3) is 4.84. The van der Waals surface area contributed by atoms with Gasteiger partial charge in [-0.3, -0.25) is 4.79 Å². The first-order valence-corrected chi connectivity index (χ1v) is 7.87. The molecule has 1 nitrogen and oxygen atoms in total. The van der Waals surface area contributed by atoms with Gasteiger partial charge in [0, 0.05) is 15.8 Å². The zero-order valence-electron chi connectivity index (χ0n) is 10.7. The minimum atomic E-state index is 0.258. The third-order valence-electron chi connectivity index (χ3n) is 2.70. The lowest BCUT2D eigenvalue weighted by Crippen LogP contribution is -2.05. The summed E-state index contributed by atoms with van der Waals surface area (Å²) in [4.78, 5) is 13.1. The Labute approximate surface area is 126 Å². The number of Topliss-reactive ketones (excluding diaryl/α,β-unsaturated/α-hetero) is 1. The lowest BCUT2D eigenvalue weighted by molar-refractivity contribution is -0.116. The largest absolute Gasteiger partial charge is 0.298 e. The van der Waals surface area contributed by atoms with E-state index in [1.807, 2.05) is 36.4 Å². The molecule has 2 aromatic carbocycles. The summed E-state index contributed by atoms with van der Waals surface area (Å²) in [5, 5.41) is 0. The molecule has 0 aliphatic carbocycles. The second-order valence-electron chi connectivity index (χ2n) is 4.45. The second-order valence-corrected chi connectivity index (χ2v) is 6.41. The molecule has 2 aromatic rings. The Morgan fingerprint density at radius 1 is 1.16 bits per heavy atom. The number of hydrogen-bond acceptors (Lipinski definition) is 2. The van der Waals surface area contributed by atoms with Crippen LogP contribution in [-0.4, -0.2) is 11.5 Å². The fraction of sp³-hybridized carbons (Fsp3) is 0.188. The van der Waals surface area contributed by atoms with Crippen LogP contribution in [0.15, 0.2) is 57.9 Å². The second kappa shape index (κ2) is 6.92. The van der Waals surface area contributed by atoms with Crippen LogP contribution in [0.4, 0.5) is 0 Å². The highest BCUT2D eigenvalue weighted by molar-refractivity contribution is 9.10. The maximum Gasteiger partial charge on any atom is 0.147 e. The highest BCUT2D eigenvalue weighted by atomic mass is 79.9. The summed E-state index contributed by atoms with van der Waals surface area (Å²) in [6, 6.07) is 16.2. The summed E-state index contributed by atoms with van der Waals surface area (Å²) in [5.74, 6) is 0.785. The molecule has 0 N–H and O–H groups in total. The standard InChI is InChI=1S/C16H15BrOS/c1-12-3-2-4-16(9-12)19-11-15(18)10-13-5-7-14(17)8-6-13/h2-9H,10-11H2,1H3. The average molecular weight is 335 g/mol. The van der Waals surface area contributed by atoms with E-state index in [1.54, 1.807) is 11.8 Å². The molecule has 0 aliphatic rings. The molecule has 0 radical (unpaired) electrons. The van der Waals surface area contributed by atoms with Gasteiger partial charge in [0.2, 0.25) is 0 Å². The van der Waals surface area contributed by atoms with E-state index in [4.69, 9.17) is 0 Å². The van der Waals surface area contributed by atoms with Crippen molar-refractivity contribution in [1.29, 1.82) is 0 Å². The SMILES string of the molecule is Cc1cccc(SCC(=O)Cc2ccc(Br)cc2)c1. The van der Waals surface area contributed by atoms with Crippen LogP contribution in [0.2, 0.25) is 0 Å². The van der Waals surface area contributed by atoms with E-state index in [0.717, 1.165) is 14.9 Å².